The summed E-state index contributed by atoms with van der Waals surface area (Å²) in [4.78, 5) is 23.1. The highest BCUT2D eigenvalue weighted by Crippen LogP contribution is 2.18. The van der Waals surface area contributed by atoms with Crippen LogP contribution >= 0.6 is 11.6 Å². The smallest absolute Gasteiger partial charge is 0.371 e. The first-order valence-corrected chi connectivity index (χ1v) is 8.94. The first-order valence-electron chi connectivity index (χ1n) is 8.56. The van der Waals surface area contributed by atoms with Gasteiger partial charge in [0.2, 0.25) is 16.9 Å². The van der Waals surface area contributed by atoms with Crippen molar-refractivity contribution in [1.82, 2.24) is 0 Å². The van der Waals surface area contributed by atoms with E-state index in [1.807, 2.05) is 12.1 Å². The third-order valence-corrected chi connectivity index (χ3v) is 3.83. The van der Waals surface area contributed by atoms with Gasteiger partial charge in [0, 0.05) is 11.1 Å². The number of allylic oxidation sites excluding steroid dienone is 1. The molecule has 27 heavy (non-hydrogen) atoms. The van der Waals surface area contributed by atoms with Crippen molar-refractivity contribution in [2.75, 3.05) is 13.2 Å². The van der Waals surface area contributed by atoms with Crippen LogP contribution in [0.25, 0.3) is 6.08 Å². The Labute approximate surface area is 162 Å². The Bertz CT molecular complexity index is 839. The van der Waals surface area contributed by atoms with Gasteiger partial charge in [0.05, 0.1) is 13.2 Å². The van der Waals surface area contributed by atoms with Gasteiger partial charge in [-0.25, -0.2) is 4.79 Å². The van der Waals surface area contributed by atoms with Crippen LogP contribution < -0.4 is 14.9 Å². The second-order valence-electron chi connectivity index (χ2n) is 5.68. The molecule has 6 nitrogen and oxygen atoms in total. The second kappa shape index (κ2) is 10.4. The number of carboxylic acids is 1. The van der Waals surface area contributed by atoms with Gasteiger partial charge in [0.1, 0.15) is 5.75 Å². The molecule has 0 saturated carbocycles. The number of aromatic carboxylic acids is 1. The number of carbonyl (C=O) groups is 1. The molecule has 144 valence electrons. The molecular weight excluding hydrogens is 372 g/mol. The van der Waals surface area contributed by atoms with Crippen LogP contribution in [0.2, 0.25) is 5.02 Å². The number of benzene rings is 1. The first kappa shape index (κ1) is 20.6. The Morgan fingerprint density at radius 1 is 1.15 bits per heavy atom. The monoisotopic (exact) mass is 392 g/mol. The predicted molar refractivity (Wildman–Crippen MR) is 103 cm³/mol. The number of halogens is 1. The Kier molecular flexibility index (Phi) is 7.95. The summed E-state index contributed by atoms with van der Waals surface area (Å²) < 4.78 is 16.3. The summed E-state index contributed by atoms with van der Waals surface area (Å²) in [5, 5.41) is 9.63. The molecule has 0 unspecified atom stereocenters. The van der Waals surface area contributed by atoms with E-state index in [0.717, 1.165) is 31.1 Å². The van der Waals surface area contributed by atoms with Gasteiger partial charge in [-0.3, -0.25) is 4.79 Å². The highest BCUT2D eigenvalue weighted by atomic mass is 35.5. The minimum absolute atomic E-state index is 0.0236. The lowest BCUT2D eigenvalue weighted by molar-refractivity contribution is 0.0658. The number of unbranched alkanes of at least 4 members (excludes halogenated alkanes) is 2. The Morgan fingerprint density at radius 3 is 2.44 bits per heavy atom. The van der Waals surface area contributed by atoms with E-state index in [-0.39, 0.29) is 11.5 Å². The largest absolute Gasteiger partial charge is 0.494 e. The van der Waals surface area contributed by atoms with E-state index >= 15 is 0 Å². The van der Waals surface area contributed by atoms with E-state index in [9.17, 15) is 9.59 Å². The standard InChI is InChI=1S/C20H21ClO6/c1-2-6-17-19(16(22)13-18(27-17)20(23)24)26-12-5-3-4-11-25-15-9-7-14(21)8-10-15/h2,6-10,13H,3-5,11-12H2,1H3,(H,23,24)/b6-2-. The molecule has 0 aliphatic heterocycles. The summed E-state index contributed by atoms with van der Waals surface area (Å²) in [5.41, 5.74) is -0.516. The lowest BCUT2D eigenvalue weighted by atomic mass is 10.2. The average Bonchev–Trinajstić information content (AvgIpc) is 2.64. The van der Waals surface area contributed by atoms with Crippen LogP contribution in [0.4, 0.5) is 0 Å². The maximum atomic E-state index is 12.1. The maximum Gasteiger partial charge on any atom is 0.371 e. The zero-order valence-corrected chi connectivity index (χ0v) is 15.7. The molecule has 0 aliphatic rings. The van der Waals surface area contributed by atoms with Gasteiger partial charge in [-0.05, 0) is 56.5 Å². The molecule has 7 heteroatoms. The van der Waals surface area contributed by atoms with Crippen LogP contribution in [0.15, 0.2) is 45.6 Å². The van der Waals surface area contributed by atoms with E-state index < -0.39 is 17.2 Å². The Balaban J connectivity index is 1.78. The van der Waals surface area contributed by atoms with Crippen LogP contribution in [0, 0.1) is 0 Å². The van der Waals surface area contributed by atoms with Gasteiger partial charge >= 0.3 is 5.97 Å². The summed E-state index contributed by atoms with van der Waals surface area (Å²) in [6, 6.07) is 8.09. The molecule has 0 bridgehead atoms. The summed E-state index contributed by atoms with van der Waals surface area (Å²) in [5.74, 6) is -0.823. The van der Waals surface area contributed by atoms with E-state index in [4.69, 9.17) is 30.6 Å². The van der Waals surface area contributed by atoms with Gasteiger partial charge in [-0.2, -0.15) is 0 Å². The van der Waals surface area contributed by atoms with E-state index in [1.165, 1.54) is 6.08 Å². The predicted octanol–water partition coefficient (Wildman–Crippen LogP) is 4.65. The Morgan fingerprint density at radius 2 is 1.81 bits per heavy atom. The summed E-state index contributed by atoms with van der Waals surface area (Å²) >= 11 is 5.82. The molecule has 1 heterocycles. The zero-order valence-electron chi connectivity index (χ0n) is 14.9. The lowest BCUT2D eigenvalue weighted by Crippen LogP contribution is -2.13. The maximum absolute atomic E-state index is 12.1. The molecule has 2 rings (SSSR count). The summed E-state index contributed by atoms with van der Waals surface area (Å²) in [6.07, 6.45) is 5.55. The van der Waals surface area contributed by atoms with Gasteiger partial charge in [0.15, 0.2) is 5.76 Å². The minimum Gasteiger partial charge on any atom is -0.494 e. The Hall–Kier alpha value is -2.73. The van der Waals surface area contributed by atoms with Crippen LogP contribution in [-0.2, 0) is 0 Å². The van der Waals surface area contributed by atoms with Crippen molar-refractivity contribution in [3.8, 4) is 11.5 Å². The van der Waals surface area contributed by atoms with Crippen molar-refractivity contribution in [2.45, 2.75) is 26.2 Å². The number of hydrogen-bond donors (Lipinski definition) is 1. The van der Waals surface area contributed by atoms with Crippen molar-refractivity contribution < 1.29 is 23.8 Å². The van der Waals surface area contributed by atoms with E-state index in [2.05, 4.69) is 0 Å². The van der Waals surface area contributed by atoms with E-state index in [0.29, 0.717) is 18.2 Å². The fourth-order valence-electron chi connectivity index (χ4n) is 2.29. The number of ether oxygens (including phenoxy) is 2. The fraction of sp³-hybridized carbons (Fsp3) is 0.300. The summed E-state index contributed by atoms with van der Waals surface area (Å²) in [6.45, 7) is 2.63. The number of hydrogen-bond acceptors (Lipinski definition) is 5. The lowest BCUT2D eigenvalue weighted by Gasteiger charge is -2.09. The quantitative estimate of drug-likeness (QED) is 0.592. The SMILES string of the molecule is C/C=C\c1oc(C(=O)O)cc(=O)c1OCCCCCOc1ccc(Cl)cc1. The van der Waals surface area contributed by atoms with E-state index in [1.54, 1.807) is 25.1 Å². The highest BCUT2D eigenvalue weighted by Gasteiger charge is 2.15. The van der Waals surface area contributed by atoms with Gasteiger partial charge < -0.3 is 19.0 Å². The van der Waals surface area contributed by atoms with Crippen LogP contribution in [0.5, 0.6) is 11.5 Å². The molecule has 1 aromatic carbocycles. The second-order valence-corrected chi connectivity index (χ2v) is 6.12. The van der Waals surface area contributed by atoms with Crippen molar-refractivity contribution >= 4 is 23.6 Å². The van der Waals surface area contributed by atoms with Crippen LogP contribution in [-0.4, -0.2) is 24.3 Å². The van der Waals surface area contributed by atoms with Crippen molar-refractivity contribution in [2.24, 2.45) is 0 Å². The van der Waals surface area contributed by atoms with Crippen LogP contribution in [0.3, 0.4) is 0 Å². The highest BCUT2D eigenvalue weighted by molar-refractivity contribution is 6.30. The molecule has 0 amide bonds. The third-order valence-electron chi connectivity index (χ3n) is 3.58. The van der Waals surface area contributed by atoms with Crippen molar-refractivity contribution in [3.63, 3.8) is 0 Å². The molecule has 1 aromatic heterocycles. The fourth-order valence-corrected chi connectivity index (χ4v) is 2.41. The topological polar surface area (TPSA) is 86.0 Å². The zero-order chi connectivity index (χ0) is 19.6. The molecule has 0 radical (unpaired) electrons. The van der Waals surface area contributed by atoms with Gasteiger partial charge in [-0.15, -0.1) is 0 Å². The molecule has 2 aromatic rings. The molecule has 0 spiro atoms. The first-order chi connectivity index (χ1) is 13.0. The van der Waals surface area contributed by atoms with Crippen molar-refractivity contribution in [1.29, 1.82) is 0 Å². The van der Waals surface area contributed by atoms with Crippen molar-refractivity contribution in [3.05, 3.63) is 63.2 Å². The molecule has 0 atom stereocenters. The van der Waals surface area contributed by atoms with Gasteiger partial charge in [-0.1, -0.05) is 17.7 Å². The third kappa shape index (κ3) is 6.49. The number of carboxylic acid groups (broad SMARTS) is 1. The molecule has 0 saturated heterocycles. The number of rotatable bonds is 10. The summed E-state index contributed by atoms with van der Waals surface area (Å²) in [7, 11) is 0. The minimum atomic E-state index is -1.30. The van der Waals surface area contributed by atoms with Gasteiger partial charge in [0.25, 0.3) is 0 Å². The molecule has 0 fully saturated rings. The molecule has 1 N–H and O–H groups in total. The average molecular weight is 393 g/mol. The normalized spacial score (nSPS) is 10.9. The van der Waals surface area contributed by atoms with Crippen LogP contribution in [0.1, 0.15) is 42.5 Å². The molecule has 0 aliphatic carbocycles. The molecular formula is C20H21ClO6.